The fourth-order valence-corrected chi connectivity index (χ4v) is 5.26. The van der Waals surface area contributed by atoms with Crippen LogP contribution in [0, 0.1) is 0 Å². The molecule has 1 atom stereocenters. The van der Waals surface area contributed by atoms with Crippen LogP contribution >= 0.6 is 11.8 Å². The fraction of sp³-hybridized carbons (Fsp3) is 0.696. The fourth-order valence-electron chi connectivity index (χ4n) is 4.01. The van der Waals surface area contributed by atoms with E-state index in [2.05, 4.69) is 64.5 Å². The molecule has 0 aliphatic carbocycles. The molecule has 0 bridgehead atoms. The van der Waals surface area contributed by atoms with Crippen LogP contribution in [0.5, 0.6) is 5.75 Å². The van der Waals surface area contributed by atoms with Crippen molar-refractivity contribution in [2.75, 3.05) is 52.8 Å². The third-order valence-corrected chi connectivity index (χ3v) is 7.58. The van der Waals surface area contributed by atoms with Crippen molar-refractivity contribution in [2.45, 2.75) is 49.9 Å². The molecular weight excluding hydrogens is 396 g/mol. The summed E-state index contributed by atoms with van der Waals surface area (Å²) in [6.45, 7) is 7.39. The van der Waals surface area contributed by atoms with Gasteiger partial charge >= 0.3 is 0 Å². The third-order valence-electron chi connectivity index (χ3n) is 6.04. The van der Waals surface area contributed by atoms with Crippen LogP contribution < -0.4 is 15.4 Å². The predicted molar refractivity (Wildman–Crippen MR) is 127 cm³/mol. The molecule has 3 rings (SSSR count). The van der Waals surface area contributed by atoms with Crippen molar-refractivity contribution < 1.29 is 9.47 Å². The first-order chi connectivity index (χ1) is 14.6. The first-order valence-electron chi connectivity index (χ1n) is 11.2. The number of benzene rings is 1. The van der Waals surface area contributed by atoms with E-state index in [9.17, 15) is 0 Å². The summed E-state index contributed by atoms with van der Waals surface area (Å²) in [6.07, 6.45) is 4.81. The lowest BCUT2D eigenvalue weighted by Gasteiger charge is -2.31. The minimum absolute atomic E-state index is 0.323. The third kappa shape index (κ3) is 7.36. The van der Waals surface area contributed by atoms with Crippen LogP contribution in [0.3, 0.4) is 0 Å². The Morgan fingerprint density at radius 3 is 2.90 bits per heavy atom. The number of guanidine groups is 1. The van der Waals surface area contributed by atoms with E-state index in [1.807, 2.05) is 13.1 Å². The second-order valence-corrected chi connectivity index (χ2v) is 10.2. The Bertz CT molecular complexity index is 673. The summed E-state index contributed by atoms with van der Waals surface area (Å²) in [6, 6.07) is 8.93. The number of thioether (sulfide) groups is 1. The smallest absolute Gasteiger partial charge is 0.191 e. The molecule has 0 saturated carbocycles. The Hall–Kier alpha value is -1.44. The van der Waals surface area contributed by atoms with Crippen LogP contribution in [0.4, 0.5) is 0 Å². The van der Waals surface area contributed by atoms with Crippen LogP contribution in [0.15, 0.2) is 29.3 Å². The lowest BCUT2D eigenvalue weighted by atomic mass is 10.1. The van der Waals surface area contributed by atoms with E-state index in [1.54, 1.807) is 0 Å². The minimum Gasteiger partial charge on any atom is -0.492 e. The molecule has 2 N–H and O–H groups in total. The van der Waals surface area contributed by atoms with Crippen molar-refractivity contribution in [2.24, 2.45) is 4.99 Å². The van der Waals surface area contributed by atoms with Crippen molar-refractivity contribution in [3.05, 3.63) is 29.8 Å². The molecule has 1 aromatic rings. The van der Waals surface area contributed by atoms with Gasteiger partial charge in [-0.3, -0.25) is 9.89 Å². The van der Waals surface area contributed by atoms with Crippen LogP contribution in [-0.2, 0) is 11.3 Å². The molecule has 1 unspecified atom stereocenters. The van der Waals surface area contributed by atoms with Gasteiger partial charge in [0, 0.05) is 50.7 Å². The molecule has 6 nitrogen and oxygen atoms in total. The second kappa shape index (κ2) is 11.8. The summed E-state index contributed by atoms with van der Waals surface area (Å²) in [5.74, 6) is 3.04. The van der Waals surface area contributed by atoms with Gasteiger partial charge in [0.2, 0.25) is 0 Å². The topological polar surface area (TPSA) is 58.1 Å². The molecule has 2 saturated heterocycles. The van der Waals surface area contributed by atoms with Gasteiger partial charge in [0.15, 0.2) is 5.96 Å². The summed E-state index contributed by atoms with van der Waals surface area (Å²) in [4.78, 5) is 6.77. The highest BCUT2D eigenvalue weighted by atomic mass is 32.2. The van der Waals surface area contributed by atoms with E-state index in [4.69, 9.17) is 9.47 Å². The maximum atomic E-state index is 6.02. The molecule has 30 heavy (non-hydrogen) atoms. The number of hydrogen-bond donors (Lipinski definition) is 2. The highest BCUT2D eigenvalue weighted by Gasteiger charge is 2.29. The average molecular weight is 435 g/mol. The molecule has 2 aliphatic rings. The van der Waals surface area contributed by atoms with E-state index in [-0.39, 0.29) is 0 Å². The summed E-state index contributed by atoms with van der Waals surface area (Å²) in [5.41, 5.74) is 1.19. The van der Waals surface area contributed by atoms with E-state index in [1.165, 1.54) is 24.2 Å². The standard InChI is InChI=1S/C23H38N4O2S/c1-23(10-5-15-30-23)18-26-22(24-2)25-17-19-6-4-7-21(16-19)29-14-11-27(3)20-8-12-28-13-9-20/h4,6-7,16,20H,5,8-15,17-18H2,1-3H3,(H2,24,25,26). The van der Waals surface area contributed by atoms with Gasteiger partial charge in [-0.05, 0) is 63.1 Å². The van der Waals surface area contributed by atoms with Gasteiger partial charge in [0.25, 0.3) is 0 Å². The van der Waals surface area contributed by atoms with E-state index < -0.39 is 0 Å². The van der Waals surface area contributed by atoms with E-state index in [0.29, 0.717) is 17.4 Å². The number of ether oxygens (including phenoxy) is 2. The van der Waals surface area contributed by atoms with Crippen molar-refractivity contribution in [1.82, 2.24) is 15.5 Å². The Morgan fingerprint density at radius 2 is 2.17 bits per heavy atom. The Morgan fingerprint density at radius 1 is 1.33 bits per heavy atom. The molecule has 7 heteroatoms. The molecule has 168 valence electrons. The zero-order valence-electron chi connectivity index (χ0n) is 18.8. The lowest BCUT2D eigenvalue weighted by molar-refractivity contribution is 0.0392. The SMILES string of the molecule is CN=C(NCc1cccc(OCCN(C)C2CCOCC2)c1)NCC1(C)CCCS1. The molecule has 0 aromatic heterocycles. The van der Waals surface area contributed by atoms with Gasteiger partial charge in [-0.1, -0.05) is 12.1 Å². The van der Waals surface area contributed by atoms with Gasteiger partial charge in [-0.2, -0.15) is 11.8 Å². The maximum absolute atomic E-state index is 6.02. The molecule has 0 amide bonds. The van der Waals surface area contributed by atoms with Crippen molar-refractivity contribution >= 4 is 17.7 Å². The van der Waals surface area contributed by atoms with Crippen LogP contribution in [0.2, 0.25) is 0 Å². The van der Waals surface area contributed by atoms with Crippen molar-refractivity contribution in [3.8, 4) is 5.75 Å². The molecular formula is C23H38N4O2S. The number of nitrogens with zero attached hydrogens (tertiary/aromatic N) is 2. The number of likely N-dealkylation sites (N-methyl/N-ethyl adjacent to an activating group) is 1. The van der Waals surface area contributed by atoms with Gasteiger partial charge in [-0.25, -0.2) is 0 Å². The lowest BCUT2D eigenvalue weighted by Crippen LogP contribution is -2.43. The number of nitrogens with one attached hydrogen (secondary N) is 2. The van der Waals surface area contributed by atoms with Crippen molar-refractivity contribution in [3.63, 3.8) is 0 Å². The van der Waals surface area contributed by atoms with Gasteiger partial charge in [0.1, 0.15) is 12.4 Å². The summed E-state index contributed by atoms with van der Waals surface area (Å²) in [5, 5.41) is 6.91. The van der Waals surface area contributed by atoms with Crippen LogP contribution in [0.1, 0.15) is 38.2 Å². The van der Waals surface area contributed by atoms with Gasteiger partial charge < -0.3 is 20.1 Å². The monoisotopic (exact) mass is 434 g/mol. The Kier molecular flexibility index (Phi) is 9.15. The zero-order chi connectivity index (χ0) is 21.2. The largest absolute Gasteiger partial charge is 0.492 e. The summed E-state index contributed by atoms with van der Waals surface area (Å²) in [7, 11) is 4.01. The second-order valence-electron chi connectivity index (χ2n) is 8.50. The quantitative estimate of drug-likeness (QED) is 0.460. The molecule has 0 spiro atoms. The first kappa shape index (κ1) is 23.2. The number of aliphatic imine (C=N–C) groups is 1. The normalized spacial score (nSPS) is 23.0. The highest BCUT2D eigenvalue weighted by molar-refractivity contribution is 8.00. The molecule has 1 aromatic carbocycles. The van der Waals surface area contributed by atoms with Crippen LogP contribution in [0.25, 0.3) is 0 Å². The van der Waals surface area contributed by atoms with E-state index in [0.717, 1.165) is 57.4 Å². The summed E-state index contributed by atoms with van der Waals surface area (Å²) >= 11 is 2.06. The molecule has 2 fully saturated rings. The predicted octanol–water partition coefficient (Wildman–Crippen LogP) is 3.13. The number of hydrogen-bond acceptors (Lipinski definition) is 5. The molecule has 0 radical (unpaired) electrons. The zero-order valence-corrected chi connectivity index (χ0v) is 19.6. The Labute approximate surface area is 186 Å². The molecule has 2 aliphatic heterocycles. The van der Waals surface area contributed by atoms with Gasteiger partial charge in [-0.15, -0.1) is 0 Å². The average Bonchev–Trinajstić information content (AvgIpc) is 3.21. The van der Waals surface area contributed by atoms with Crippen LogP contribution in [-0.4, -0.2) is 74.4 Å². The van der Waals surface area contributed by atoms with E-state index >= 15 is 0 Å². The molecule has 2 heterocycles. The summed E-state index contributed by atoms with van der Waals surface area (Å²) < 4.78 is 11.8. The first-order valence-corrected chi connectivity index (χ1v) is 12.1. The Balaban J connectivity index is 1.39. The number of rotatable bonds is 9. The maximum Gasteiger partial charge on any atom is 0.191 e. The minimum atomic E-state index is 0.323. The van der Waals surface area contributed by atoms with Gasteiger partial charge in [0.05, 0.1) is 0 Å². The van der Waals surface area contributed by atoms with Crippen molar-refractivity contribution in [1.29, 1.82) is 0 Å². The highest BCUT2D eigenvalue weighted by Crippen LogP contribution is 2.36.